The Morgan fingerprint density at radius 3 is 2.79 bits per heavy atom. The lowest BCUT2D eigenvalue weighted by Gasteiger charge is -2.02. The molecule has 0 unspecified atom stereocenters. The van der Waals surface area contributed by atoms with Crippen molar-refractivity contribution in [2.75, 3.05) is 0 Å². The second kappa shape index (κ2) is 5.57. The fourth-order valence-electron chi connectivity index (χ4n) is 1.94. The van der Waals surface area contributed by atoms with E-state index in [2.05, 4.69) is 27.1 Å². The van der Waals surface area contributed by atoms with Gasteiger partial charge in [0.2, 0.25) is 0 Å². The van der Waals surface area contributed by atoms with Crippen molar-refractivity contribution in [1.82, 2.24) is 9.78 Å². The van der Waals surface area contributed by atoms with Crippen LogP contribution in [0.4, 0.5) is 0 Å². The number of hydrogen-bond donors (Lipinski definition) is 1. The summed E-state index contributed by atoms with van der Waals surface area (Å²) in [5.41, 5.74) is 4.21. The number of rotatable bonds is 4. The van der Waals surface area contributed by atoms with Gasteiger partial charge in [-0.25, -0.2) is 0 Å². The van der Waals surface area contributed by atoms with Crippen molar-refractivity contribution in [3.63, 3.8) is 0 Å². The minimum Gasteiger partial charge on any atom is -0.481 e. The molecule has 4 nitrogen and oxygen atoms in total. The number of benzene rings is 1. The molecule has 0 atom stereocenters. The Kier molecular flexibility index (Phi) is 4.04. The Bertz CT molecular complexity index is 620. The van der Waals surface area contributed by atoms with E-state index in [1.54, 1.807) is 4.68 Å². The monoisotopic (exact) mass is 322 g/mol. The van der Waals surface area contributed by atoms with E-state index in [4.69, 9.17) is 5.11 Å². The van der Waals surface area contributed by atoms with E-state index in [9.17, 15) is 4.79 Å². The minimum absolute atomic E-state index is 0.0833. The molecule has 19 heavy (non-hydrogen) atoms. The maximum Gasteiger partial charge on any atom is 0.305 e. The van der Waals surface area contributed by atoms with E-state index >= 15 is 0 Å². The third-order valence-electron chi connectivity index (χ3n) is 2.97. The lowest BCUT2D eigenvalue weighted by atomic mass is 10.0. The summed E-state index contributed by atoms with van der Waals surface area (Å²) < 4.78 is 2.77. The van der Waals surface area contributed by atoms with Crippen molar-refractivity contribution >= 4 is 21.9 Å². The molecule has 2 aromatic rings. The van der Waals surface area contributed by atoms with Gasteiger partial charge in [-0.1, -0.05) is 28.1 Å². The number of hydrogen-bond acceptors (Lipinski definition) is 2. The zero-order chi connectivity index (χ0) is 14.0. The summed E-state index contributed by atoms with van der Waals surface area (Å²) in [6.45, 7) is 4.37. The van der Waals surface area contributed by atoms with Crippen LogP contribution in [0.2, 0.25) is 0 Å². The second-order valence-corrected chi connectivity index (χ2v) is 5.35. The average molecular weight is 323 g/mol. The lowest BCUT2D eigenvalue weighted by molar-refractivity contribution is -0.137. The molecule has 1 N–H and O–H groups in total. The molecule has 0 aliphatic carbocycles. The first-order valence-corrected chi connectivity index (χ1v) is 6.79. The summed E-state index contributed by atoms with van der Waals surface area (Å²) in [6, 6.07) is 6.14. The minimum atomic E-state index is -0.811. The number of aromatic nitrogens is 2. The summed E-state index contributed by atoms with van der Waals surface area (Å²) in [5, 5.41) is 13.0. The first-order valence-electron chi connectivity index (χ1n) is 6.00. The Labute approximate surface area is 120 Å². The van der Waals surface area contributed by atoms with E-state index in [-0.39, 0.29) is 6.42 Å². The molecular formula is C14H15BrN2O2. The molecule has 0 fully saturated rings. The van der Waals surface area contributed by atoms with Gasteiger partial charge in [0.05, 0.1) is 18.7 Å². The molecule has 0 amide bonds. The summed E-state index contributed by atoms with van der Waals surface area (Å²) in [4.78, 5) is 10.6. The van der Waals surface area contributed by atoms with Gasteiger partial charge in [-0.3, -0.25) is 9.48 Å². The lowest BCUT2D eigenvalue weighted by Crippen LogP contribution is -2.04. The molecule has 5 heteroatoms. The van der Waals surface area contributed by atoms with Crippen molar-refractivity contribution in [2.45, 2.75) is 26.8 Å². The predicted molar refractivity (Wildman–Crippen MR) is 77.1 cm³/mol. The number of carboxylic acids is 1. The normalized spacial score (nSPS) is 10.7. The van der Waals surface area contributed by atoms with Crippen LogP contribution in [0.25, 0.3) is 11.1 Å². The van der Waals surface area contributed by atoms with Crippen LogP contribution in [-0.4, -0.2) is 20.9 Å². The predicted octanol–water partition coefficient (Wildman–Crippen LogP) is 3.40. The summed E-state index contributed by atoms with van der Waals surface area (Å²) in [5.74, 6) is -0.811. The third-order valence-corrected chi connectivity index (χ3v) is 3.86. The van der Waals surface area contributed by atoms with Gasteiger partial charge in [0, 0.05) is 16.2 Å². The van der Waals surface area contributed by atoms with Crippen molar-refractivity contribution < 1.29 is 9.90 Å². The molecule has 0 aliphatic heterocycles. The smallest absolute Gasteiger partial charge is 0.305 e. The van der Waals surface area contributed by atoms with E-state index in [0.29, 0.717) is 6.54 Å². The Balaban J connectivity index is 2.29. The van der Waals surface area contributed by atoms with Crippen molar-refractivity contribution in [3.05, 3.63) is 40.1 Å². The van der Waals surface area contributed by atoms with Crippen LogP contribution >= 0.6 is 15.9 Å². The van der Waals surface area contributed by atoms with Crippen LogP contribution in [0.5, 0.6) is 0 Å². The molecule has 0 saturated heterocycles. The van der Waals surface area contributed by atoms with Gasteiger partial charge in [0.1, 0.15) is 0 Å². The molecule has 0 bridgehead atoms. The van der Waals surface area contributed by atoms with E-state index in [1.807, 2.05) is 32.2 Å². The highest BCUT2D eigenvalue weighted by molar-refractivity contribution is 9.10. The van der Waals surface area contributed by atoms with Crippen LogP contribution in [0.1, 0.15) is 17.7 Å². The second-order valence-electron chi connectivity index (χ2n) is 4.50. The number of carboxylic acid groups (broad SMARTS) is 1. The number of halogens is 1. The van der Waals surface area contributed by atoms with Gasteiger partial charge >= 0.3 is 5.97 Å². The Hall–Kier alpha value is -1.62. The van der Waals surface area contributed by atoms with E-state index in [1.165, 1.54) is 0 Å². The van der Waals surface area contributed by atoms with Gasteiger partial charge in [-0.05, 0) is 31.0 Å². The zero-order valence-electron chi connectivity index (χ0n) is 10.9. The highest BCUT2D eigenvalue weighted by Gasteiger charge is 2.09. The third kappa shape index (κ3) is 3.23. The molecule has 1 aromatic heterocycles. The van der Waals surface area contributed by atoms with Gasteiger partial charge < -0.3 is 5.11 Å². The summed E-state index contributed by atoms with van der Waals surface area (Å²) in [6.07, 6.45) is 1.99. The van der Waals surface area contributed by atoms with Crippen LogP contribution < -0.4 is 0 Å². The number of aliphatic carboxylic acids is 1. The van der Waals surface area contributed by atoms with Crippen molar-refractivity contribution in [3.8, 4) is 11.1 Å². The standard InChI is InChI=1S/C14H15BrN2O2/c1-9-7-11(3-4-13(9)15)12-8-17(16-10(12)2)6-5-14(18)19/h3-4,7-8H,5-6H2,1-2H3,(H,18,19). The highest BCUT2D eigenvalue weighted by Crippen LogP contribution is 2.27. The topological polar surface area (TPSA) is 55.1 Å². The first-order chi connectivity index (χ1) is 8.97. The SMILES string of the molecule is Cc1cc(-c2cn(CCC(=O)O)nc2C)ccc1Br. The highest BCUT2D eigenvalue weighted by atomic mass is 79.9. The molecular weight excluding hydrogens is 308 g/mol. The fourth-order valence-corrected chi connectivity index (χ4v) is 2.18. The molecule has 0 radical (unpaired) electrons. The molecule has 0 saturated carbocycles. The quantitative estimate of drug-likeness (QED) is 0.938. The number of carbonyl (C=O) groups is 1. The number of aryl methyl sites for hydroxylation is 3. The summed E-state index contributed by atoms with van der Waals surface area (Å²) >= 11 is 3.48. The Morgan fingerprint density at radius 1 is 1.42 bits per heavy atom. The van der Waals surface area contributed by atoms with Crippen LogP contribution in [0.15, 0.2) is 28.9 Å². The van der Waals surface area contributed by atoms with Crippen molar-refractivity contribution in [1.29, 1.82) is 0 Å². The molecule has 100 valence electrons. The summed E-state index contributed by atoms with van der Waals surface area (Å²) in [7, 11) is 0. The van der Waals surface area contributed by atoms with Crippen molar-refractivity contribution in [2.24, 2.45) is 0 Å². The van der Waals surface area contributed by atoms with Gasteiger partial charge in [-0.15, -0.1) is 0 Å². The zero-order valence-corrected chi connectivity index (χ0v) is 12.4. The van der Waals surface area contributed by atoms with Crippen LogP contribution in [-0.2, 0) is 11.3 Å². The molecule has 1 aromatic carbocycles. The van der Waals surface area contributed by atoms with Crippen LogP contribution in [0, 0.1) is 13.8 Å². The van der Waals surface area contributed by atoms with Gasteiger partial charge in [0.25, 0.3) is 0 Å². The average Bonchev–Trinajstić information content (AvgIpc) is 2.72. The molecule has 2 rings (SSSR count). The molecule has 0 spiro atoms. The maximum absolute atomic E-state index is 10.6. The molecule has 0 aliphatic rings. The van der Waals surface area contributed by atoms with Gasteiger partial charge in [-0.2, -0.15) is 5.10 Å². The molecule has 1 heterocycles. The number of nitrogens with zero attached hydrogens (tertiary/aromatic N) is 2. The van der Waals surface area contributed by atoms with E-state index in [0.717, 1.165) is 26.9 Å². The van der Waals surface area contributed by atoms with Crippen LogP contribution in [0.3, 0.4) is 0 Å². The maximum atomic E-state index is 10.6. The largest absolute Gasteiger partial charge is 0.481 e. The van der Waals surface area contributed by atoms with E-state index < -0.39 is 5.97 Å². The Morgan fingerprint density at radius 2 is 2.16 bits per heavy atom. The first kappa shape index (κ1) is 13.8. The fraction of sp³-hybridized carbons (Fsp3) is 0.286. The van der Waals surface area contributed by atoms with Gasteiger partial charge in [0.15, 0.2) is 0 Å².